The van der Waals surface area contributed by atoms with Crippen LogP contribution in [0, 0.1) is 10.1 Å². The minimum Gasteiger partial charge on any atom is -0.511 e. The minimum atomic E-state index is -0.672. The number of methoxy groups -OCH3 is 1. The summed E-state index contributed by atoms with van der Waals surface area (Å²) in [5.74, 6) is -0.141. The molecule has 8 heteroatoms. The molecule has 2 rings (SSSR count). The number of hydrogen-bond donors (Lipinski definition) is 2. The van der Waals surface area contributed by atoms with Gasteiger partial charge in [-0.2, -0.15) is 0 Å². The quantitative estimate of drug-likeness (QED) is 0.349. The van der Waals surface area contributed by atoms with Crippen LogP contribution in [0.2, 0.25) is 0 Å². The van der Waals surface area contributed by atoms with Gasteiger partial charge < -0.3 is 25.0 Å². The van der Waals surface area contributed by atoms with Crippen molar-refractivity contribution in [1.82, 2.24) is 4.57 Å². The van der Waals surface area contributed by atoms with Crippen LogP contribution < -0.4 is 10.6 Å². The number of nitro benzene ring substituents is 1. The number of non-ortho nitro benzene ring substituents is 1. The number of ether oxygens (including phenoxy) is 1. The van der Waals surface area contributed by atoms with E-state index in [-0.39, 0.29) is 22.8 Å². The molecular formula is C22H38N4O4. The van der Waals surface area contributed by atoms with Crippen molar-refractivity contribution in [1.29, 1.82) is 0 Å². The maximum Gasteiger partial charge on any atom is 0.281 e. The standard InChI is InChI=1S/C18H26N4O4.2C2H6/c1-5-21(6-7-26-4)14-9-16-18(17(10-14)22(24)25)13(11-20(16)3)8-15(19)12(2)23;2*1-2/h9-11,15,23H,2,5-8,19H2,1,3-4H3;2*1-2H3. The van der Waals surface area contributed by atoms with Crippen LogP contribution in [0.4, 0.5) is 11.4 Å². The zero-order valence-electron chi connectivity index (χ0n) is 19.4. The van der Waals surface area contributed by atoms with Gasteiger partial charge in [-0.25, -0.2) is 0 Å². The minimum absolute atomic E-state index is 0.0275. The maximum atomic E-state index is 11.7. The van der Waals surface area contributed by atoms with Gasteiger partial charge in [-0.15, -0.1) is 0 Å². The number of hydrogen-bond acceptors (Lipinski definition) is 6. The van der Waals surface area contributed by atoms with Crippen molar-refractivity contribution in [3.8, 4) is 0 Å². The van der Waals surface area contributed by atoms with Crippen molar-refractivity contribution in [2.75, 3.05) is 31.7 Å². The van der Waals surface area contributed by atoms with Crippen LogP contribution in [0.1, 0.15) is 40.2 Å². The molecule has 0 aliphatic rings. The van der Waals surface area contributed by atoms with Crippen LogP contribution in [0.5, 0.6) is 0 Å². The summed E-state index contributed by atoms with van der Waals surface area (Å²) in [6, 6.07) is 2.85. The molecule has 3 N–H and O–H groups in total. The summed E-state index contributed by atoms with van der Waals surface area (Å²) < 4.78 is 6.97. The molecule has 0 radical (unpaired) electrons. The van der Waals surface area contributed by atoms with Gasteiger partial charge in [-0.05, 0) is 25.0 Å². The molecule has 0 fully saturated rings. The number of benzene rings is 1. The highest BCUT2D eigenvalue weighted by atomic mass is 16.6. The highest BCUT2D eigenvalue weighted by Gasteiger charge is 2.23. The normalized spacial score (nSPS) is 11.1. The van der Waals surface area contributed by atoms with Gasteiger partial charge in [0.15, 0.2) is 0 Å². The lowest BCUT2D eigenvalue weighted by Gasteiger charge is -2.23. The number of anilines is 1. The number of fused-ring (bicyclic) bond motifs is 1. The highest BCUT2D eigenvalue weighted by Crippen LogP contribution is 2.35. The first-order valence-corrected chi connectivity index (χ1v) is 10.4. The van der Waals surface area contributed by atoms with E-state index in [0.717, 1.165) is 11.2 Å². The van der Waals surface area contributed by atoms with E-state index in [1.165, 1.54) is 0 Å². The SMILES string of the molecule is C=C(O)C(N)Cc1cn(C)c2cc(N(CC)CCOC)cc([N+](=O)[O-])c12.CC.CC. The second-order valence-corrected chi connectivity index (χ2v) is 6.26. The number of aryl methyl sites for hydroxylation is 1. The third kappa shape index (κ3) is 6.74. The van der Waals surface area contributed by atoms with Crippen molar-refractivity contribution in [3.05, 3.63) is 46.3 Å². The fourth-order valence-corrected chi connectivity index (χ4v) is 3.08. The molecule has 0 saturated carbocycles. The molecule has 0 bridgehead atoms. The smallest absolute Gasteiger partial charge is 0.281 e. The second-order valence-electron chi connectivity index (χ2n) is 6.26. The molecule has 0 aliphatic heterocycles. The van der Waals surface area contributed by atoms with Crippen molar-refractivity contribution in [2.24, 2.45) is 12.8 Å². The van der Waals surface area contributed by atoms with E-state index in [4.69, 9.17) is 10.5 Å². The topological polar surface area (TPSA) is 107 Å². The van der Waals surface area contributed by atoms with E-state index in [0.29, 0.717) is 30.6 Å². The molecular weight excluding hydrogens is 384 g/mol. The number of aliphatic hydroxyl groups excluding tert-OH is 1. The number of aromatic nitrogens is 1. The first kappa shape index (κ1) is 27.4. The third-order valence-electron chi connectivity index (χ3n) is 4.51. The first-order valence-electron chi connectivity index (χ1n) is 10.4. The van der Waals surface area contributed by atoms with Gasteiger partial charge in [0.2, 0.25) is 0 Å². The van der Waals surface area contributed by atoms with Crippen LogP contribution in [-0.4, -0.2) is 47.4 Å². The predicted molar refractivity (Wildman–Crippen MR) is 125 cm³/mol. The van der Waals surface area contributed by atoms with Gasteiger partial charge in [0.1, 0.15) is 5.76 Å². The molecule has 1 heterocycles. The molecule has 1 aromatic carbocycles. The molecule has 0 saturated heterocycles. The zero-order chi connectivity index (χ0) is 23.4. The Labute approximate surface area is 180 Å². The van der Waals surface area contributed by atoms with Crippen LogP contribution >= 0.6 is 0 Å². The Bertz CT molecular complexity index is 817. The molecule has 1 atom stereocenters. The Morgan fingerprint density at radius 3 is 2.43 bits per heavy atom. The molecule has 2 aromatic rings. The van der Waals surface area contributed by atoms with E-state index in [2.05, 4.69) is 6.58 Å². The van der Waals surface area contributed by atoms with Gasteiger partial charge >= 0.3 is 0 Å². The molecule has 1 unspecified atom stereocenters. The number of nitro groups is 1. The van der Waals surface area contributed by atoms with E-state index in [9.17, 15) is 15.2 Å². The molecule has 0 spiro atoms. The summed E-state index contributed by atoms with van der Waals surface area (Å²) in [6.45, 7) is 15.3. The van der Waals surface area contributed by atoms with Crippen LogP contribution in [0.15, 0.2) is 30.7 Å². The van der Waals surface area contributed by atoms with E-state index in [1.54, 1.807) is 13.2 Å². The largest absolute Gasteiger partial charge is 0.511 e. The predicted octanol–water partition coefficient (Wildman–Crippen LogP) is 4.55. The van der Waals surface area contributed by atoms with Gasteiger partial charge in [0.05, 0.1) is 28.5 Å². The van der Waals surface area contributed by atoms with Crippen molar-refractivity contribution in [2.45, 2.75) is 47.1 Å². The van der Waals surface area contributed by atoms with Crippen LogP contribution in [0.3, 0.4) is 0 Å². The number of nitrogens with zero attached hydrogens (tertiary/aromatic N) is 3. The molecule has 0 amide bonds. The number of nitrogens with two attached hydrogens (primary N) is 1. The fourth-order valence-electron chi connectivity index (χ4n) is 3.08. The van der Waals surface area contributed by atoms with Crippen molar-refractivity contribution in [3.63, 3.8) is 0 Å². The molecule has 30 heavy (non-hydrogen) atoms. The summed E-state index contributed by atoms with van der Waals surface area (Å²) in [5, 5.41) is 21.8. The first-order chi connectivity index (χ1) is 14.3. The summed E-state index contributed by atoms with van der Waals surface area (Å²) in [6.07, 6.45) is 2.09. The van der Waals surface area contributed by atoms with Gasteiger partial charge in [-0.1, -0.05) is 34.3 Å². The van der Waals surface area contributed by atoms with E-state index >= 15 is 0 Å². The van der Waals surface area contributed by atoms with Gasteiger partial charge in [0, 0.05) is 45.2 Å². The highest BCUT2D eigenvalue weighted by molar-refractivity contribution is 5.95. The Morgan fingerprint density at radius 2 is 1.97 bits per heavy atom. The Kier molecular flexibility index (Phi) is 12.4. The lowest BCUT2D eigenvalue weighted by atomic mass is 10.0. The maximum absolute atomic E-state index is 11.7. The van der Waals surface area contributed by atoms with Gasteiger partial charge in [-0.3, -0.25) is 10.1 Å². The van der Waals surface area contributed by atoms with E-state index in [1.807, 2.05) is 63.4 Å². The molecule has 0 aliphatic carbocycles. The Morgan fingerprint density at radius 1 is 1.37 bits per heavy atom. The lowest BCUT2D eigenvalue weighted by molar-refractivity contribution is -0.383. The average Bonchev–Trinajstić information content (AvgIpc) is 3.06. The molecule has 170 valence electrons. The van der Waals surface area contributed by atoms with Gasteiger partial charge in [0.25, 0.3) is 5.69 Å². The molecule has 8 nitrogen and oxygen atoms in total. The summed E-state index contributed by atoms with van der Waals surface area (Å²) in [7, 11) is 3.46. The zero-order valence-corrected chi connectivity index (χ0v) is 19.4. The van der Waals surface area contributed by atoms with Crippen LogP contribution in [0.25, 0.3) is 10.9 Å². The number of rotatable bonds is 9. The Balaban J connectivity index is 0.00000198. The number of likely N-dealkylation sites (N-methyl/N-ethyl adjacent to an activating group) is 1. The molecule has 1 aromatic heterocycles. The summed E-state index contributed by atoms with van der Waals surface area (Å²) in [5.41, 5.74) is 8.13. The monoisotopic (exact) mass is 422 g/mol. The summed E-state index contributed by atoms with van der Waals surface area (Å²) >= 11 is 0. The average molecular weight is 423 g/mol. The number of aliphatic hydroxyl groups is 1. The second kappa shape index (κ2) is 13.6. The fraction of sp³-hybridized carbons (Fsp3) is 0.545. The van der Waals surface area contributed by atoms with E-state index < -0.39 is 6.04 Å². The van der Waals surface area contributed by atoms with Crippen molar-refractivity contribution >= 4 is 22.3 Å². The summed E-state index contributed by atoms with van der Waals surface area (Å²) in [4.78, 5) is 13.4. The van der Waals surface area contributed by atoms with Crippen molar-refractivity contribution < 1.29 is 14.8 Å². The third-order valence-corrected chi connectivity index (χ3v) is 4.51. The Hall–Kier alpha value is -2.58. The van der Waals surface area contributed by atoms with Crippen LogP contribution in [-0.2, 0) is 18.2 Å². The lowest BCUT2D eigenvalue weighted by Crippen LogP contribution is -2.26.